The minimum Gasteiger partial charge on any atom is -0.393 e. The molecule has 2 aliphatic rings. The Hall–Kier alpha value is -0.380. The summed E-state index contributed by atoms with van der Waals surface area (Å²) in [4.78, 5) is 5.64. The van der Waals surface area contributed by atoms with Crippen molar-refractivity contribution in [3.05, 3.63) is 21.9 Å². The summed E-state index contributed by atoms with van der Waals surface area (Å²) in [6, 6.07) is 4.70. The van der Waals surface area contributed by atoms with Crippen molar-refractivity contribution >= 4 is 11.3 Å². The number of aliphatic hydroxyl groups excluding tert-OH is 1. The van der Waals surface area contributed by atoms with Gasteiger partial charge in [-0.3, -0.25) is 4.90 Å². The number of aliphatic hydroxyl groups is 1. The van der Waals surface area contributed by atoms with Gasteiger partial charge in [-0.1, -0.05) is 12.8 Å². The number of thiophene rings is 1. The van der Waals surface area contributed by atoms with E-state index in [-0.39, 0.29) is 6.10 Å². The van der Waals surface area contributed by atoms with E-state index < -0.39 is 0 Å². The first-order valence-electron chi connectivity index (χ1n) is 7.80. The molecular weight excluding hydrogens is 254 g/mol. The first-order chi connectivity index (χ1) is 9.31. The Labute approximate surface area is 120 Å². The maximum absolute atomic E-state index is 9.70. The van der Waals surface area contributed by atoms with Crippen LogP contribution in [0.5, 0.6) is 0 Å². The van der Waals surface area contributed by atoms with Crippen LogP contribution in [-0.4, -0.2) is 29.2 Å². The largest absolute Gasteiger partial charge is 0.393 e. The Kier molecular flexibility index (Phi) is 4.57. The van der Waals surface area contributed by atoms with Crippen molar-refractivity contribution in [1.82, 2.24) is 4.90 Å². The van der Waals surface area contributed by atoms with E-state index in [1.54, 1.807) is 4.88 Å². The molecular formula is C16H25NOS. The second kappa shape index (κ2) is 6.38. The Balaban J connectivity index is 1.57. The highest BCUT2D eigenvalue weighted by Crippen LogP contribution is 2.37. The van der Waals surface area contributed by atoms with Gasteiger partial charge in [0.1, 0.15) is 0 Å². The summed E-state index contributed by atoms with van der Waals surface area (Å²) in [5, 5.41) is 9.70. The van der Waals surface area contributed by atoms with Crippen molar-refractivity contribution < 1.29 is 5.11 Å². The fourth-order valence-corrected chi connectivity index (χ4v) is 4.65. The molecule has 1 aromatic heterocycles. The highest BCUT2D eigenvalue weighted by molar-refractivity contribution is 7.12. The highest BCUT2D eigenvalue weighted by atomic mass is 32.1. The van der Waals surface area contributed by atoms with Gasteiger partial charge in [-0.2, -0.15) is 0 Å². The van der Waals surface area contributed by atoms with Gasteiger partial charge in [-0.25, -0.2) is 0 Å². The zero-order valence-corrected chi connectivity index (χ0v) is 12.5. The maximum Gasteiger partial charge on any atom is 0.0553 e. The predicted molar refractivity (Wildman–Crippen MR) is 80.7 cm³/mol. The molecule has 1 aliphatic carbocycles. The SMILES string of the molecule is OC1CCCN(Cc2ccc(C3CCCC3)s2)CC1. The molecule has 0 aromatic carbocycles. The molecule has 106 valence electrons. The number of rotatable bonds is 3. The van der Waals surface area contributed by atoms with Crippen molar-refractivity contribution in [2.45, 2.75) is 63.5 Å². The first-order valence-corrected chi connectivity index (χ1v) is 8.62. The first kappa shape index (κ1) is 13.6. The van der Waals surface area contributed by atoms with Crippen LogP contribution in [0.3, 0.4) is 0 Å². The molecule has 2 nitrogen and oxygen atoms in total. The number of hydrogen-bond acceptors (Lipinski definition) is 3. The topological polar surface area (TPSA) is 23.5 Å². The van der Waals surface area contributed by atoms with Gasteiger partial charge < -0.3 is 5.11 Å². The maximum atomic E-state index is 9.70. The van der Waals surface area contributed by atoms with Crippen LogP contribution in [0, 0.1) is 0 Å². The summed E-state index contributed by atoms with van der Waals surface area (Å²) < 4.78 is 0. The fourth-order valence-electron chi connectivity index (χ4n) is 3.43. The monoisotopic (exact) mass is 279 g/mol. The summed E-state index contributed by atoms with van der Waals surface area (Å²) in [6.45, 7) is 3.29. The van der Waals surface area contributed by atoms with Gasteiger partial charge >= 0.3 is 0 Å². The molecule has 3 rings (SSSR count). The molecule has 1 atom stereocenters. The molecule has 0 amide bonds. The van der Waals surface area contributed by atoms with E-state index in [2.05, 4.69) is 17.0 Å². The average Bonchev–Trinajstić information content (AvgIpc) is 3.02. The fraction of sp³-hybridized carbons (Fsp3) is 0.750. The van der Waals surface area contributed by atoms with Gasteiger partial charge in [0.15, 0.2) is 0 Å². The van der Waals surface area contributed by atoms with Crippen LogP contribution in [0.2, 0.25) is 0 Å². The molecule has 2 fully saturated rings. The average molecular weight is 279 g/mol. The van der Waals surface area contributed by atoms with Crippen molar-refractivity contribution in [1.29, 1.82) is 0 Å². The van der Waals surface area contributed by atoms with E-state index in [4.69, 9.17) is 0 Å². The lowest BCUT2D eigenvalue weighted by molar-refractivity contribution is 0.155. The molecule has 0 spiro atoms. The van der Waals surface area contributed by atoms with Gasteiger partial charge in [0.05, 0.1) is 6.10 Å². The van der Waals surface area contributed by atoms with E-state index in [0.717, 1.165) is 44.8 Å². The summed E-state index contributed by atoms with van der Waals surface area (Å²) in [7, 11) is 0. The smallest absolute Gasteiger partial charge is 0.0553 e. The van der Waals surface area contributed by atoms with Crippen LogP contribution in [0.1, 0.15) is 60.6 Å². The third kappa shape index (κ3) is 3.59. The van der Waals surface area contributed by atoms with Gasteiger partial charge in [0, 0.05) is 22.8 Å². The molecule has 0 radical (unpaired) electrons. The Morgan fingerprint density at radius 1 is 1.05 bits per heavy atom. The minimum absolute atomic E-state index is 0.0672. The van der Waals surface area contributed by atoms with E-state index in [0.29, 0.717) is 0 Å². The second-order valence-electron chi connectivity index (χ2n) is 6.15. The van der Waals surface area contributed by atoms with Crippen LogP contribution in [-0.2, 0) is 6.54 Å². The van der Waals surface area contributed by atoms with Gasteiger partial charge in [0.25, 0.3) is 0 Å². The van der Waals surface area contributed by atoms with E-state index >= 15 is 0 Å². The van der Waals surface area contributed by atoms with E-state index in [1.807, 2.05) is 11.3 Å². The summed E-state index contributed by atoms with van der Waals surface area (Å²) in [5.74, 6) is 0.852. The third-order valence-corrected chi connectivity index (χ3v) is 5.84. The van der Waals surface area contributed by atoms with Crippen molar-refractivity contribution in [3.8, 4) is 0 Å². The molecule has 1 aromatic rings. The zero-order chi connectivity index (χ0) is 13.1. The zero-order valence-electron chi connectivity index (χ0n) is 11.7. The van der Waals surface area contributed by atoms with E-state index in [9.17, 15) is 5.11 Å². The van der Waals surface area contributed by atoms with Crippen LogP contribution < -0.4 is 0 Å². The van der Waals surface area contributed by atoms with Crippen LogP contribution in [0.15, 0.2) is 12.1 Å². The number of nitrogens with zero attached hydrogens (tertiary/aromatic N) is 1. The van der Waals surface area contributed by atoms with Crippen molar-refractivity contribution in [2.75, 3.05) is 13.1 Å². The molecule has 0 bridgehead atoms. The third-order valence-electron chi connectivity index (χ3n) is 4.61. The highest BCUT2D eigenvalue weighted by Gasteiger charge is 2.20. The van der Waals surface area contributed by atoms with Gasteiger partial charge in [0.2, 0.25) is 0 Å². The van der Waals surface area contributed by atoms with Crippen molar-refractivity contribution in [3.63, 3.8) is 0 Å². The molecule has 3 heteroatoms. The summed E-state index contributed by atoms with van der Waals surface area (Å²) in [5.41, 5.74) is 0. The van der Waals surface area contributed by atoms with Crippen LogP contribution >= 0.6 is 11.3 Å². The molecule has 1 N–H and O–H groups in total. The lowest BCUT2D eigenvalue weighted by atomic mass is 10.1. The molecule has 1 aliphatic heterocycles. The molecule has 19 heavy (non-hydrogen) atoms. The van der Waals surface area contributed by atoms with Gasteiger partial charge in [-0.05, 0) is 56.7 Å². The molecule has 1 unspecified atom stereocenters. The van der Waals surface area contributed by atoms with Gasteiger partial charge in [-0.15, -0.1) is 11.3 Å². The summed E-state index contributed by atoms with van der Waals surface area (Å²) >= 11 is 2.03. The van der Waals surface area contributed by atoms with Crippen LogP contribution in [0.4, 0.5) is 0 Å². The summed E-state index contributed by atoms with van der Waals surface area (Å²) in [6.07, 6.45) is 8.63. The number of hydrogen-bond donors (Lipinski definition) is 1. The second-order valence-corrected chi connectivity index (χ2v) is 7.35. The van der Waals surface area contributed by atoms with Crippen LogP contribution in [0.25, 0.3) is 0 Å². The molecule has 1 saturated heterocycles. The lowest BCUT2D eigenvalue weighted by Gasteiger charge is -2.18. The van der Waals surface area contributed by atoms with Crippen molar-refractivity contribution in [2.24, 2.45) is 0 Å². The standard InChI is InChI=1S/C16H25NOS/c18-14-6-3-10-17(11-9-14)12-15-7-8-16(19-15)13-4-1-2-5-13/h7-8,13-14,18H,1-6,9-12H2. The normalized spacial score (nSPS) is 26.7. The Morgan fingerprint density at radius 2 is 1.89 bits per heavy atom. The Bertz CT molecular complexity index is 397. The number of likely N-dealkylation sites (tertiary alicyclic amines) is 1. The minimum atomic E-state index is -0.0672. The quantitative estimate of drug-likeness (QED) is 0.911. The molecule has 2 heterocycles. The molecule has 1 saturated carbocycles. The Morgan fingerprint density at radius 3 is 2.74 bits per heavy atom. The predicted octanol–water partition coefficient (Wildman–Crippen LogP) is 3.75. The van der Waals surface area contributed by atoms with E-state index in [1.165, 1.54) is 30.6 Å². The lowest BCUT2D eigenvalue weighted by Crippen LogP contribution is -2.24.